The molecule has 0 aromatic heterocycles. The number of anilines is 1. The third-order valence-electron chi connectivity index (χ3n) is 4.97. The molecule has 3 aromatic rings. The van der Waals surface area contributed by atoms with Crippen molar-refractivity contribution >= 4 is 33.5 Å². The Morgan fingerprint density at radius 1 is 1.03 bits per heavy atom. The number of nitro benzene ring substituents is 1. The molecule has 0 radical (unpaired) electrons. The van der Waals surface area contributed by atoms with Gasteiger partial charge in [-0.15, -0.1) is 0 Å². The van der Waals surface area contributed by atoms with E-state index in [4.69, 9.17) is 8.92 Å². The molecule has 0 aliphatic carbocycles. The number of carbonyl (C=O) groups is 1. The fourth-order valence-electron chi connectivity index (χ4n) is 3.12. The van der Waals surface area contributed by atoms with Crippen LogP contribution in [-0.2, 0) is 14.9 Å². The van der Waals surface area contributed by atoms with Crippen LogP contribution in [0.5, 0.6) is 11.5 Å². The third-order valence-corrected chi connectivity index (χ3v) is 6.22. The van der Waals surface area contributed by atoms with E-state index < -0.39 is 20.9 Å². The topological polar surface area (TPSA) is 149 Å². The first-order chi connectivity index (χ1) is 17.0. The minimum atomic E-state index is -4.13. The third kappa shape index (κ3) is 6.05. The van der Waals surface area contributed by atoms with Crippen molar-refractivity contribution in [3.8, 4) is 17.6 Å². The van der Waals surface area contributed by atoms with E-state index in [2.05, 4.69) is 5.32 Å². The van der Waals surface area contributed by atoms with Gasteiger partial charge in [-0.2, -0.15) is 13.7 Å². The molecule has 10 nitrogen and oxygen atoms in total. The maximum absolute atomic E-state index is 12.6. The number of hydrogen-bond donors (Lipinski definition) is 1. The number of nitriles is 1. The molecule has 184 valence electrons. The molecule has 0 spiro atoms. The van der Waals surface area contributed by atoms with Crippen LogP contribution >= 0.6 is 0 Å². The second kappa shape index (κ2) is 10.7. The predicted octanol–water partition coefficient (Wildman–Crippen LogP) is 4.53. The molecular formula is C25H21N3O7S. The number of hydrogen-bond acceptors (Lipinski definition) is 8. The molecule has 0 unspecified atom stereocenters. The van der Waals surface area contributed by atoms with E-state index in [0.29, 0.717) is 11.1 Å². The number of nitrogens with one attached hydrogen (secondary N) is 1. The largest absolute Gasteiger partial charge is 0.493 e. The highest BCUT2D eigenvalue weighted by molar-refractivity contribution is 7.87. The van der Waals surface area contributed by atoms with Gasteiger partial charge in [0.05, 0.1) is 12.0 Å². The first-order valence-electron chi connectivity index (χ1n) is 10.4. The van der Waals surface area contributed by atoms with Crippen molar-refractivity contribution in [2.24, 2.45) is 0 Å². The van der Waals surface area contributed by atoms with Gasteiger partial charge in [-0.1, -0.05) is 29.8 Å². The lowest BCUT2D eigenvalue weighted by Crippen LogP contribution is -2.14. The molecule has 0 aliphatic rings. The van der Waals surface area contributed by atoms with Gasteiger partial charge in [-0.05, 0) is 61.4 Å². The normalized spacial score (nSPS) is 11.3. The maximum Gasteiger partial charge on any atom is 0.339 e. The van der Waals surface area contributed by atoms with Gasteiger partial charge in [0.25, 0.3) is 11.6 Å². The molecule has 3 rings (SSSR count). The summed E-state index contributed by atoms with van der Waals surface area (Å²) in [5.41, 5.74) is 1.15. The number of methoxy groups -OCH3 is 1. The second-order valence-electron chi connectivity index (χ2n) is 7.66. The SMILES string of the molecule is COc1cc(/C=C(\C#N)C(=O)Nc2ccc(C)cc2[N+](=O)[O-])ccc1OS(=O)(=O)c1ccc(C)cc1. The van der Waals surface area contributed by atoms with Crippen LogP contribution in [0.2, 0.25) is 0 Å². The quantitative estimate of drug-likeness (QED) is 0.154. The zero-order valence-electron chi connectivity index (χ0n) is 19.5. The Hall–Kier alpha value is -4.69. The number of carbonyl (C=O) groups excluding carboxylic acids is 1. The van der Waals surface area contributed by atoms with Crippen molar-refractivity contribution in [3.05, 3.63) is 93.0 Å². The lowest BCUT2D eigenvalue weighted by Gasteiger charge is -2.12. The van der Waals surface area contributed by atoms with Gasteiger partial charge < -0.3 is 14.2 Å². The zero-order chi connectivity index (χ0) is 26.5. The van der Waals surface area contributed by atoms with Crippen LogP contribution in [-0.4, -0.2) is 26.4 Å². The molecule has 1 N–H and O–H groups in total. The van der Waals surface area contributed by atoms with Crippen LogP contribution in [0.4, 0.5) is 11.4 Å². The number of rotatable bonds is 8. The Labute approximate surface area is 207 Å². The Kier molecular flexibility index (Phi) is 7.71. The van der Waals surface area contributed by atoms with Crippen molar-refractivity contribution in [2.75, 3.05) is 12.4 Å². The molecule has 0 saturated heterocycles. The molecule has 0 aliphatic heterocycles. The van der Waals surface area contributed by atoms with Crippen LogP contribution in [0.25, 0.3) is 6.08 Å². The Morgan fingerprint density at radius 2 is 1.69 bits per heavy atom. The molecule has 0 fully saturated rings. The van der Waals surface area contributed by atoms with Gasteiger partial charge in [0.15, 0.2) is 11.5 Å². The fourth-order valence-corrected chi connectivity index (χ4v) is 4.06. The molecule has 3 aromatic carbocycles. The molecule has 36 heavy (non-hydrogen) atoms. The van der Waals surface area contributed by atoms with Gasteiger partial charge in [0, 0.05) is 6.07 Å². The summed E-state index contributed by atoms with van der Waals surface area (Å²) in [5, 5.41) is 23.2. The minimum Gasteiger partial charge on any atom is -0.493 e. The number of nitro groups is 1. The van der Waals surface area contributed by atoms with Gasteiger partial charge in [-0.25, -0.2) is 0 Å². The predicted molar refractivity (Wildman–Crippen MR) is 132 cm³/mol. The van der Waals surface area contributed by atoms with E-state index in [1.54, 1.807) is 31.2 Å². The summed E-state index contributed by atoms with van der Waals surface area (Å²) in [7, 11) is -2.82. The summed E-state index contributed by atoms with van der Waals surface area (Å²) in [5.74, 6) is -0.898. The van der Waals surface area contributed by atoms with Crippen molar-refractivity contribution in [2.45, 2.75) is 18.7 Å². The van der Waals surface area contributed by atoms with Gasteiger partial charge in [-0.3, -0.25) is 14.9 Å². The molecule has 1 amide bonds. The summed E-state index contributed by atoms with van der Waals surface area (Å²) >= 11 is 0. The van der Waals surface area contributed by atoms with E-state index in [9.17, 15) is 28.6 Å². The number of benzene rings is 3. The van der Waals surface area contributed by atoms with Crippen molar-refractivity contribution in [1.29, 1.82) is 5.26 Å². The maximum atomic E-state index is 12.6. The minimum absolute atomic E-state index is 0.0345. The zero-order valence-corrected chi connectivity index (χ0v) is 20.3. The Balaban J connectivity index is 1.87. The highest BCUT2D eigenvalue weighted by atomic mass is 32.2. The first-order valence-corrected chi connectivity index (χ1v) is 11.8. The number of ether oxygens (including phenoxy) is 1. The van der Waals surface area contributed by atoms with E-state index in [1.165, 1.54) is 55.7 Å². The smallest absolute Gasteiger partial charge is 0.339 e. The summed E-state index contributed by atoms with van der Waals surface area (Å²) in [6.45, 7) is 3.50. The van der Waals surface area contributed by atoms with Crippen LogP contribution in [0.1, 0.15) is 16.7 Å². The van der Waals surface area contributed by atoms with Crippen molar-refractivity contribution in [1.82, 2.24) is 0 Å². The summed E-state index contributed by atoms with van der Waals surface area (Å²) in [4.78, 5) is 23.3. The Morgan fingerprint density at radius 3 is 2.31 bits per heavy atom. The summed E-state index contributed by atoms with van der Waals surface area (Å²) in [6.07, 6.45) is 1.23. The van der Waals surface area contributed by atoms with Crippen molar-refractivity contribution in [3.63, 3.8) is 0 Å². The van der Waals surface area contributed by atoms with E-state index in [-0.39, 0.29) is 33.3 Å². The van der Waals surface area contributed by atoms with Gasteiger partial charge in [0.2, 0.25) is 0 Å². The summed E-state index contributed by atoms with van der Waals surface area (Å²) < 4.78 is 35.7. The van der Waals surface area contributed by atoms with E-state index in [1.807, 2.05) is 6.92 Å². The number of aryl methyl sites for hydroxylation is 2. The lowest BCUT2D eigenvalue weighted by atomic mass is 10.1. The molecular weight excluding hydrogens is 486 g/mol. The van der Waals surface area contributed by atoms with Crippen molar-refractivity contribution < 1.29 is 27.1 Å². The number of nitrogens with zero attached hydrogens (tertiary/aromatic N) is 2. The molecule has 11 heteroatoms. The molecule has 0 saturated carbocycles. The van der Waals surface area contributed by atoms with E-state index in [0.717, 1.165) is 5.56 Å². The van der Waals surface area contributed by atoms with Crippen LogP contribution in [0.3, 0.4) is 0 Å². The van der Waals surface area contributed by atoms with Gasteiger partial charge in [0.1, 0.15) is 22.2 Å². The fraction of sp³-hybridized carbons (Fsp3) is 0.120. The van der Waals surface area contributed by atoms with E-state index >= 15 is 0 Å². The number of amides is 1. The van der Waals surface area contributed by atoms with Crippen LogP contribution in [0.15, 0.2) is 71.1 Å². The highest BCUT2D eigenvalue weighted by Crippen LogP contribution is 2.32. The van der Waals surface area contributed by atoms with Gasteiger partial charge >= 0.3 is 10.1 Å². The molecule has 0 atom stereocenters. The standard InChI is InChI=1S/C25H21N3O7S/c1-16-4-8-20(9-5-16)36(32,33)35-23-11-7-18(14-24(23)34-3)13-19(15-26)25(29)27-21-10-6-17(2)12-22(21)28(30)31/h4-14H,1-3H3,(H,27,29)/b19-13+. The second-order valence-corrected chi connectivity index (χ2v) is 9.21. The average Bonchev–Trinajstić information content (AvgIpc) is 2.84. The highest BCUT2D eigenvalue weighted by Gasteiger charge is 2.21. The van der Waals surface area contributed by atoms with Crippen LogP contribution in [0, 0.1) is 35.3 Å². The molecule has 0 bridgehead atoms. The average molecular weight is 508 g/mol. The van der Waals surface area contributed by atoms with Crippen LogP contribution < -0.4 is 14.2 Å². The Bertz CT molecular complexity index is 1510. The first kappa shape index (κ1) is 25.9. The monoisotopic (exact) mass is 507 g/mol. The lowest BCUT2D eigenvalue weighted by molar-refractivity contribution is -0.384. The molecule has 0 heterocycles. The summed E-state index contributed by atoms with van der Waals surface area (Å²) in [6, 6.07) is 16.3.